The van der Waals surface area contributed by atoms with Crippen molar-refractivity contribution in [2.24, 2.45) is 0 Å². The van der Waals surface area contributed by atoms with Gasteiger partial charge in [-0.1, -0.05) is 12.1 Å². The van der Waals surface area contributed by atoms with Gasteiger partial charge in [-0.25, -0.2) is 0 Å². The Morgan fingerprint density at radius 3 is 2.27 bits per heavy atom. The van der Waals surface area contributed by atoms with Crippen LogP contribution in [-0.2, 0) is 4.57 Å². The van der Waals surface area contributed by atoms with Gasteiger partial charge in [0.1, 0.15) is 5.75 Å². The van der Waals surface area contributed by atoms with Gasteiger partial charge in [-0.05, 0) is 12.1 Å². The molecule has 84 valence electrons. The fourth-order valence-corrected chi connectivity index (χ4v) is 2.35. The SMILES string of the molecule is COc1ccccc1P(C)(=O)C(F)(F)F. The third kappa shape index (κ3) is 2.17. The van der Waals surface area contributed by atoms with Crippen molar-refractivity contribution in [1.82, 2.24) is 0 Å². The molecule has 0 N–H and O–H groups in total. The van der Waals surface area contributed by atoms with Crippen molar-refractivity contribution in [2.45, 2.75) is 5.92 Å². The fraction of sp³-hybridized carbons (Fsp3) is 0.333. The van der Waals surface area contributed by atoms with E-state index in [4.69, 9.17) is 4.74 Å². The number of methoxy groups -OCH3 is 1. The number of ether oxygens (including phenoxy) is 1. The highest BCUT2D eigenvalue weighted by Gasteiger charge is 2.49. The van der Waals surface area contributed by atoms with Gasteiger partial charge in [0.15, 0.2) is 0 Å². The second-order valence-corrected chi connectivity index (χ2v) is 5.90. The Morgan fingerprint density at radius 2 is 1.80 bits per heavy atom. The molecule has 0 aromatic heterocycles. The minimum atomic E-state index is -4.73. The van der Waals surface area contributed by atoms with Gasteiger partial charge >= 0.3 is 5.92 Å². The Hall–Kier alpha value is -0.960. The quantitative estimate of drug-likeness (QED) is 0.740. The Labute approximate surface area is 85.4 Å². The molecule has 0 bridgehead atoms. The lowest BCUT2D eigenvalue weighted by atomic mass is 10.3. The highest BCUT2D eigenvalue weighted by molar-refractivity contribution is 7.72. The van der Waals surface area contributed by atoms with Crippen LogP contribution in [0.15, 0.2) is 24.3 Å². The van der Waals surface area contributed by atoms with Crippen LogP contribution in [0.4, 0.5) is 13.2 Å². The Bertz CT molecular complexity index is 401. The predicted octanol–water partition coefficient (Wildman–Crippen LogP) is 2.83. The average molecular weight is 238 g/mol. The largest absolute Gasteiger partial charge is 0.496 e. The van der Waals surface area contributed by atoms with Crippen LogP contribution in [0.2, 0.25) is 0 Å². The summed E-state index contributed by atoms with van der Waals surface area (Å²) in [6, 6.07) is 5.46. The maximum absolute atomic E-state index is 12.5. The monoisotopic (exact) mass is 238 g/mol. The fourth-order valence-electron chi connectivity index (χ4n) is 1.12. The van der Waals surface area contributed by atoms with Crippen molar-refractivity contribution in [3.05, 3.63) is 24.3 Å². The summed E-state index contributed by atoms with van der Waals surface area (Å²) in [7, 11) is -3.16. The van der Waals surface area contributed by atoms with Crippen LogP contribution in [0.3, 0.4) is 0 Å². The number of para-hydroxylation sites is 1. The summed E-state index contributed by atoms with van der Waals surface area (Å²) in [5.41, 5.74) is 0. The van der Waals surface area contributed by atoms with Crippen LogP contribution in [0.1, 0.15) is 0 Å². The molecule has 0 fully saturated rings. The van der Waals surface area contributed by atoms with Gasteiger partial charge in [-0.15, -0.1) is 0 Å². The van der Waals surface area contributed by atoms with E-state index in [0.29, 0.717) is 6.66 Å². The van der Waals surface area contributed by atoms with Gasteiger partial charge < -0.3 is 9.30 Å². The molecule has 2 nitrogen and oxygen atoms in total. The van der Waals surface area contributed by atoms with Crippen LogP contribution in [-0.4, -0.2) is 19.7 Å². The predicted molar refractivity (Wildman–Crippen MR) is 52.2 cm³/mol. The maximum atomic E-state index is 12.5. The zero-order valence-electron chi connectivity index (χ0n) is 8.21. The number of hydrogen-bond donors (Lipinski definition) is 0. The first-order chi connectivity index (χ1) is 6.80. The van der Waals surface area contributed by atoms with E-state index in [-0.39, 0.29) is 11.1 Å². The van der Waals surface area contributed by atoms with E-state index in [0.717, 1.165) is 0 Å². The van der Waals surface area contributed by atoms with Crippen molar-refractivity contribution < 1.29 is 22.5 Å². The zero-order valence-corrected chi connectivity index (χ0v) is 9.10. The molecule has 6 heteroatoms. The van der Waals surface area contributed by atoms with Crippen LogP contribution < -0.4 is 10.0 Å². The first-order valence-corrected chi connectivity index (χ1v) is 6.24. The molecule has 0 aliphatic rings. The molecule has 0 spiro atoms. The maximum Gasteiger partial charge on any atom is 0.443 e. The first kappa shape index (κ1) is 12.1. The average Bonchev–Trinajstić information content (AvgIpc) is 2.16. The Balaban J connectivity index is 3.33. The van der Waals surface area contributed by atoms with Crippen LogP contribution >= 0.6 is 7.14 Å². The second-order valence-electron chi connectivity index (χ2n) is 3.06. The summed E-state index contributed by atoms with van der Waals surface area (Å²) in [5.74, 6) is -4.73. The first-order valence-electron chi connectivity index (χ1n) is 4.08. The minimum Gasteiger partial charge on any atom is -0.496 e. The Morgan fingerprint density at radius 1 is 1.27 bits per heavy atom. The number of benzene rings is 1. The van der Waals surface area contributed by atoms with Crippen molar-refractivity contribution in [3.8, 4) is 5.75 Å². The smallest absolute Gasteiger partial charge is 0.443 e. The zero-order chi connectivity index (χ0) is 11.7. The third-order valence-corrected chi connectivity index (χ3v) is 4.29. The number of halogens is 3. The minimum absolute atomic E-state index is 0.000610. The van der Waals surface area contributed by atoms with Gasteiger partial charge in [-0.3, -0.25) is 0 Å². The summed E-state index contributed by atoms with van der Waals surface area (Å²) in [5, 5.41) is -0.292. The van der Waals surface area contributed by atoms with Crippen LogP contribution in [0, 0.1) is 0 Å². The molecule has 0 saturated carbocycles. The van der Waals surface area contributed by atoms with Crippen LogP contribution in [0.5, 0.6) is 5.75 Å². The molecule has 1 rings (SSSR count). The second kappa shape index (κ2) is 3.89. The topological polar surface area (TPSA) is 26.3 Å². The molecule has 0 saturated heterocycles. The van der Waals surface area contributed by atoms with E-state index in [9.17, 15) is 17.7 Å². The van der Waals surface area contributed by atoms with E-state index in [1.165, 1.54) is 31.4 Å². The van der Waals surface area contributed by atoms with Crippen LogP contribution in [0.25, 0.3) is 0 Å². The number of hydrogen-bond acceptors (Lipinski definition) is 2. The number of alkyl halides is 3. The molecular weight excluding hydrogens is 228 g/mol. The van der Waals surface area contributed by atoms with Gasteiger partial charge in [0.2, 0.25) is 7.14 Å². The molecule has 0 aliphatic heterocycles. The molecule has 1 atom stereocenters. The van der Waals surface area contributed by atoms with Gasteiger partial charge in [0.05, 0.1) is 12.4 Å². The summed E-state index contributed by atoms with van der Waals surface area (Å²) in [6.07, 6.45) is 0. The lowest BCUT2D eigenvalue weighted by Crippen LogP contribution is -2.19. The molecule has 0 aliphatic carbocycles. The van der Waals surface area contributed by atoms with Gasteiger partial charge in [0, 0.05) is 6.66 Å². The molecular formula is C9H10F3O2P. The summed E-state index contributed by atoms with van der Waals surface area (Å²) >= 11 is 0. The van der Waals surface area contributed by atoms with Crippen molar-refractivity contribution in [2.75, 3.05) is 13.8 Å². The van der Waals surface area contributed by atoms with Gasteiger partial charge in [0.25, 0.3) is 0 Å². The lowest BCUT2D eigenvalue weighted by Gasteiger charge is -2.18. The molecule has 15 heavy (non-hydrogen) atoms. The molecule has 1 aromatic rings. The summed E-state index contributed by atoms with van der Waals surface area (Å²) in [4.78, 5) is 0. The summed E-state index contributed by atoms with van der Waals surface area (Å²) < 4.78 is 53.9. The van der Waals surface area contributed by atoms with Crippen molar-refractivity contribution in [3.63, 3.8) is 0 Å². The highest BCUT2D eigenvalue weighted by Crippen LogP contribution is 2.58. The van der Waals surface area contributed by atoms with Crippen molar-refractivity contribution >= 4 is 12.4 Å². The third-order valence-electron chi connectivity index (χ3n) is 2.03. The molecule has 0 amide bonds. The van der Waals surface area contributed by atoms with E-state index >= 15 is 0 Å². The molecule has 1 unspecified atom stereocenters. The van der Waals surface area contributed by atoms with E-state index in [1.54, 1.807) is 0 Å². The molecule has 0 radical (unpaired) electrons. The summed E-state index contributed by atoms with van der Waals surface area (Å²) in [6.45, 7) is 0.699. The van der Waals surface area contributed by atoms with E-state index in [2.05, 4.69) is 0 Å². The number of rotatable bonds is 2. The highest BCUT2D eigenvalue weighted by atomic mass is 31.2. The lowest BCUT2D eigenvalue weighted by molar-refractivity contribution is -0.0445. The van der Waals surface area contributed by atoms with E-state index in [1.807, 2.05) is 0 Å². The normalized spacial score (nSPS) is 15.8. The van der Waals surface area contributed by atoms with E-state index < -0.39 is 13.1 Å². The van der Waals surface area contributed by atoms with Gasteiger partial charge in [-0.2, -0.15) is 13.2 Å². The van der Waals surface area contributed by atoms with Crippen molar-refractivity contribution in [1.29, 1.82) is 0 Å². The Kier molecular flexibility index (Phi) is 3.14. The molecule has 0 heterocycles. The molecule has 1 aromatic carbocycles. The standard InChI is InChI=1S/C9H10F3O2P/c1-14-7-5-3-4-6-8(7)15(2,13)9(10,11)12/h3-6H,1-2H3.